The quantitative estimate of drug-likeness (QED) is 0.732. The van der Waals surface area contributed by atoms with Gasteiger partial charge < -0.3 is 9.88 Å². The van der Waals surface area contributed by atoms with Gasteiger partial charge in [0.1, 0.15) is 5.56 Å². The van der Waals surface area contributed by atoms with Crippen molar-refractivity contribution in [3.8, 4) is 6.19 Å². The Balaban J connectivity index is 2.15. The molecule has 0 saturated heterocycles. The summed E-state index contributed by atoms with van der Waals surface area (Å²) in [5.41, 5.74) is 1.50. The number of halogens is 1. The Morgan fingerprint density at radius 1 is 1.38 bits per heavy atom. The van der Waals surface area contributed by atoms with Gasteiger partial charge in [0.05, 0.1) is 4.47 Å². The lowest BCUT2D eigenvalue weighted by Crippen LogP contribution is -2.30. The molecule has 6 nitrogen and oxygen atoms in total. The molecule has 1 unspecified atom stereocenters. The number of carbonyl (C=O) groups is 1. The molecule has 8 heteroatoms. The number of carbonyl (C=O) groups excluding carboxylic acids is 1. The number of pyridine rings is 1. The number of aryl methyl sites for hydroxylation is 1. The van der Waals surface area contributed by atoms with Crippen molar-refractivity contribution in [3.05, 3.63) is 62.0 Å². The molecule has 0 bridgehead atoms. The van der Waals surface area contributed by atoms with Gasteiger partial charge >= 0.3 is 0 Å². The molecule has 1 heterocycles. The average molecular weight is 435 g/mol. The number of nitrogens with one attached hydrogen (secondary N) is 1. The van der Waals surface area contributed by atoms with E-state index >= 15 is 0 Å². The summed E-state index contributed by atoms with van der Waals surface area (Å²) in [5, 5.41) is 11.4. The van der Waals surface area contributed by atoms with Crippen LogP contribution in [0.25, 0.3) is 0 Å². The second-order valence-electron chi connectivity index (χ2n) is 5.55. The van der Waals surface area contributed by atoms with E-state index in [1.807, 2.05) is 48.9 Å². The lowest BCUT2D eigenvalue weighted by Gasteiger charge is -2.12. The van der Waals surface area contributed by atoms with E-state index in [1.165, 1.54) is 0 Å². The van der Waals surface area contributed by atoms with Gasteiger partial charge in [-0.2, -0.15) is 5.26 Å². The molecule has 0 aliphatic carbocycles. The fourth-order valence-corrected chi connectivity index (χ4v) is 3.61. The monoisotopic (exact) mass is 434 g/mol. The van der Waals surface area contributed by atoms with Crippen molar-refractivity contribution in [2.45, 2.75) is 31.8 Å². The van der Waals surface area contributed by atoms with E-state index in [-0.39, 0.29) is 11.0 Å². The maximum Gasteiger partial charge on any atom is 0.257 e. The number of aromatic nitrogens is 1. The number of hydrogen-bond acceptors (Lipinski definition) is 4. The van der Waals surface area contributed by atoms with Crippen molar-refractivity contribution in [2.75, 3.05) is 6.26 Å². The Bertz CT molecular complexity index is 959. The third kappa shape index (κ3) is 4.48. The van der Waals surface area contributed by atoms with Crippen molar-refractivity contribution < 1.29 is 4.79 Å². The predicted octanol–water partition coefficient (Wildman–Crippen LogP) is 3.14. The first-order valence-corrected chi connectivity index (χ1v) is 10.3. The van der Waals surface area contributed by atoms with Gasteiger partial charge in [0.2, 0.25) is 11.6 Å². The van der Waals surface area contributed by atoms with Crippen LogP contribution in [0.5, 0.6) is 0 Å². The Hall–Kier alpha value is -2.24. The minimum atomic E-state index is -0.469. The lowest BCUT2D eigenvalue weighted by molar-refractivity contribution is 0.0949. The minimum Gasteiger partial charge on any atom is -0.350 e. The van der Waals surface area contributed by atoms with Crippen LogP contribution in [0.15, 0.2) is 49.0 Å². The molecule has 2 aromatic rings. The van der Waals surface area contributed by atoms with E-state index in [1.54, 1.807) is 12.4 Å². The van der Waals surface area contributed by atoms with Crippen molar-refractivity contribution in [1.29, 1.82) is 5.26 Å². The van der Waals surface area contributed by atoms with E-state index in [2.05, 4.69) is 25.6 Å². The van der Waals surface area contributed by atoms with Gasteiger partial charge in [0.25, 0.3) is 5.91 Å². The number of nitrogens with zero attached hydrogens (tertiary/aromatic N) is 3. The summed E-state index contributed by atoms with van der Waals surface area (Å²) in [7, 11) is -0.469. The first kappa shape index (κ1) is 20.1. The zero-order valence-corrected chi connectivity index (χ0v) is 17.1. The molecule has 2 rings (SSSR count). The molecular weight excluding hydrogens is 416 g/mol. The smallest absolute Gasteiger partial charge is 0.257 e. The Morgan fingerprint density at radius 3 is 2.62 bits per heavy atom. The van der Waals surface area contributed by atoms with Crippen molar-refractivity contribution in [1.82, 2.24) is 9.88 Å². The van der Waals surface area contributed by atoms with Crippen LogP contribution in [0.2, 0.25) is 0 Å². The van der Waals surface area contributed by atoms with Gasteiger partial charge in [-0.05, 0) is 53.7 Å². The number of hydrogen-bond donors (Lipinski definition) is 1. The van der Waals surface area contributed by atoms with Gasteiger partial charge in [0.15, 0.2) is 0 Å². The minimum absolute atomic E-state index is 0.115. The third-order valence-electron chi connectivity index (χ3n) is 3.96. The zero-order valence-electron chi connectivity index (χ0n) is 14.7. The van der Waals surface area contributed by atoms with Crippen molar-refractivity contribution in [3.63, 3.8) is 0 Å². The molecule has 0 aliphatic rings. The highest BCUT2D eigenvalue weighted by molar-refractivity contribution is 9.10. The standard InChI is InChI=1S/C18H19BrN4O2S/c1-4-23-10-15(17(24)16(19)12(23)2)18(25)21-9-13-5-7-14(8-6-13)26(3)22-11-20/h5-8,10H,4,9H2,1-3H3,(H,21,25). The van der Waals surface area contributed by atoms with Gasteiger partial charge in [-0.3, -0.25) is 9.59 Å². The molecule has 0 aliphatic heterocycles. The number of amides is 1. The van der Waals surface area contributed by atoms with E-state index in [0.717, 1.165) is 16.2 Å². The first-order chi connectivity index (χ1) is 12.4. The highest BCUT2D eigenvalue weighted by atomic mass is 79.9. The number of nitriles is 1. The molecule has 0 fully saturated rings. The van der Waals surface area contributed by atoms with Crippen LogP contribution in [-0.4, -0.2) is 16.7 Å². The zero-order chi connectivity index (χ0) is 19.3. The van der Waals surface area contributed by atoms with E-state index in [0.29, 0.717) is 17.6 Å². The maximum atomic E-state index is 12.4. The molecule has 1 N–H and O–H groups in total. The number of benzene rings is 1. The largest absolute Gasteiger partial charge is 0.350 e. The summed E-state index contributed by atoms with van der Waals surface area (Å²) in [5.74, 6) is -0.406. The molecule has 0 saturated carbocycles. The Kier molecular flexibility index (Phi) is 6.89. The second kappa shape index (κ2) is 8.92. The maximum absolute atomic E-state index is 12.4. The molecule has 1 aromatic carbocycles. The SMILES string of the molecule is CCn1cc(C(=O)NCc2ccc(S(C)=NC#N)cc2)c(=O)c(Br)c1C. The highest BCUT2D eigenvalue weighted by Gasteiger charge is 2.16. The van der Waals surface area contributed by atoms with Crippen LogP contribution in [0, 0.1) is 18.4 Å². The summed E-state index contributed by atoms with van der Waals surface area (Å²) in [4.78, 5) is 25.7. The normalized spacial score (nSPS) is 11.8. The molecule has 1 atom stereocenters. The van der Waals surface area contributed by atoms with E-state index < -0.39 is 16.6 Å². The van der Waals surface area contributed by atoms with Crippen LogP contribution in [0.3, 0.4) is 0 Å². The van der Waals surface area contributed by atoms with Gasteiger partial charge in [-0.1, -0.05) is 22.8 Å². The van der Waals surface area contributed by atoms with Crippen LogP contribution < -0.4 is 10.7 Å². The second-order valence-corrected chi connectivity index (χ2v) is 7.96. The molecular formula is C18H19BrN4O2S. The fourth-order valence-electron chi connectivity index (χ4n) is 2.41. The topological polar surface area (TPSA) is 87.2 Å². The predicted molar refractivity (Wildman–Crippen MR) is 106 cm³/mol. The Labute approximate surface area is 163 Å². The average Bonchev–Trinajstić information content (AvgIpc) is 2.65. The van der Waals surface area contributed by atoms with Crippen LogP contribution in [-0.2, 0) is 23.8 Å². The van der Waals surface area contributed by atoms with Crippen LogP contribution >= 0.6 is 15.9 Å². The van der Waals surface area contributed by atoms with Gasteiger partial charge in [-0.25, -0.2) is 0 Å². The Morgan fingerprint density at radius 2 is 2.04 bits per heavy atom. The fraction of sp³-hybridized carbons (Fsp3) is 0.278. The summed E-state index contributed by atoms with van der Waals surface area (Å²) in [6.45, 7) is 4.76. The molecule has 1 aromatic heterocycles. The van der Waals surface area contributed by atoms with Gasteiger partial charge in [-0.15, -0.1) is 4.36 Å². The van der Waals surface area contributed by atoms with E-state index in [4.69, 9.17) is 5.26 Å². The molecule has 0 spiro atoms. The van der Waals surface area contributed by atoms with Crippen molar-refractivity contribution in [2.24, 2.45) is 4.36 Å². The van der Waals surface area contributed by atoms with Crippen LogP contribution in [0.4, 0.5) is 0 Å². The molecule has 136 valence electrons. The molecule has 1 amide bonds. The molecule has 0 radical (unpaired) electrons. The van der Waals surface area contributed by atoms with E-state index in [9.17, 15) is 9.59 Å². The van der Waals surface area contributed by atoms with Gasteiger partial charge in [0, 0.05) is 29.9 Å². The first-order valence-electron chi connectivity index (χ1n) is 7.91. The molecule has 26 heavy (non-hydrogen) atoms. The number of rotatable bonds is 5. The lowest BCUT2D eigenvalue weighted by atomic mass is 10.2. The van der Waals surface area contributed by atoms with Crippen molar-refractivity contribution >= 4 is 32.5 Å². The highest BCUT2D eigenvalue weighted by Crippen LogP contribution is 2.13. The summed E-state index contributed by atoms with van der Waals surface area (Å²) < 4.78 is 6.07. The summed E-state index contributed by atoms with van der Waals surface area (Å²) in [6, 6.07) is 7.53. The summed E-state index contributed by atoms with van der Waals surface area (Å²) >= 11 is 3.28. The third-order valence-corrected chi connectivity index (χ3v) is 6.20. The summed E-state index contributed by atoms with van der Waals surface area (Å²) in [6.07, 6.45) is 5.27. The van der Waals surface area contributed by atoms with Crippen LogP contribution in [0.1, 0.15) is 28.5 Å².